The number of hydrogen-bond acceptors (Lipinski definition) is 4. The van der Waals surface area contributed by atoms with Crippen LogP contribution in [0.5, 0.6) is 0 Å². The number of nitrogens with zero attached hydrogens (tertiary/aromatic N) is 4. The first-order chi connectivity index (χ1) is 11.6. The summed E-state index contributed by atoms with van der Waals surface area (Å²) >= 11 is 0.985. The highest BCUT2D eigenvalue weighted by Crippen LogP contribution is 2.37. The Morgan fingerprint density at radius 1 is 1.24 bits per heavy atom. The summed E-state index contributed by atoms with van der Waals surface area (Å²) in [6, 6.07) is 1.24. The van der Waals surface area contributed by atoms with Crippen molar-refractivity contribution in [1.82, 2.24) is 24.9 Å². The zero-order valence-electron chi connectivity index (χ0n) is 14.0. The largest absolute Gasteiger partial charge is 0.435 e. The van der Waals surface area contributed by atoms with E-state index >= 15 is 0 Å². The number of fused-ring (bicyclic) bond motifs is 1. The van der Waals surface area contributed by atoms with Gasteiger partial charge in [-0.15, -0.1) is 11.3 Å². The fraction of sp³-hybridized carbons (Fsp3) is 0.400. The standard InChI is InChI=1S/C15H16F3N5OS/c1-7-10(8(2)22(3)20-7)6-19-13(24)11-5-9-12(15(16,17)18)21-23(4)14(9)25-11/h5H,6H2,1-4H3,(H,19,24). The van der Waals surface area contributed by atoms with Crippen LogP contribution in [0.25, 0.3) is 10.2 Å². The molecular weight excluding hydrogens is 355 g/mol. The second kappa shape index (κ2) is 5.87. The van der Waals surface area contributed by atoms with E-state index < -0.39 is 17.8 Å². The molecule has 1 amide bonds. The minimum atomic E-state index is -4.56. The van der Waals surface area contributed by atoms with Crippen molar-refractivity contribution in [3.05, 3.63) is 33.6 Å². The molecule has 3 aromatic heterocycles. The first-order valence-electron chi connectivity index (χ1n) is 7.40. The third-order valence-electron chi connectivity index (χ3n) is 4.09. The number of aromatic nitrogens is 4. The maximum atomic E-state index is 13.0. The number of rotatable bonds is 3. The first kappa shape index (κ1) is 17.5. The Labute approximate surface area is 145 Å². The molecule has 0 saturated carbocycles. The van der Waals surface area contributed by atoms with Crippen LogP contribution in [0, 0.1) is 13.8 Å². The van der Waals surface area contributed by atoms with Crippen molar-refractivity contribution in [2.45, 2.75) is 26.6 Å². The highest BCUT2D eigenvalue weighted by Gasteiger charge is 2.37. The molecule has 3 aromatic rings. The fourth-order valence-electron chi connectivity index (χ4n) is 2.69. The molecule has 25 heavy (non-hydrogen) atoms. The van der Waals surface area contributed by atoms with E-state index in [1.165, 1.54) is 13.1 Å². The van der Waals surface area contributed by atoms with Gasteiger partial charge in [0, 0.05) is 37.3 Å². The molecule has 3 rings (SSSR count). The number of nitrogens with one attached hydrogen (secondary N) is 1. The van der Waals surface area contributed by atoms with Crippen LogP contribution >= 0.6 is 11.3 Å². The molecular formula is C15H16F3N5OS. The Bertz CT molecular complexity index is 966. The topological polar surface area (TPSA) is 64.7 Å². The monoisotopic (exact) mass is 371 g/mol. The van der Waals surface area contributed by atoms with E-state index in [1.807, 2.05) is 20.9 Å². The summed E-state index contributed by atoms with van der Waals surface area (Å²) < 4.78 is 41.9. The van der Waals surface area contributed by atoms with E-state index in [-0.39, 0.29) is 16.8 Å². The molecule has 0 aliphatic carbocycles. The van der Waals surface area contributed by atoms with Gasteiger partial charge in [0.15, 0.2) is 5.69 Å². The van der Waals surface area contributed by atoms with Crippen molar-refractivity contribution in [2.24, 2.45) is 14.1 Å². The van der Waals surface area contributed by atoms with Crippen molar-refractivity contribution < 1.29 is 18.0 Å². The molecule has 134 valence electrons. The molecule has 0 spiro atoms. The van der Waals surface area contributed by atoms with Gasteiger partial charge in [0.2, 0.25) is 0 Å². The van der Waals surface area contributed by atoms with Gasteiger partial charge in [0.25, 0.3) is 5.91 Å². The van der Waals surface area contributed by atoms with Gasteiger partial charge in [-0.25, -0.2) is 0 Å². The molecule has 0 fully saturated rings. The smallest absolute Gasteiger partial charge is 0.347 e. The number of hydrogen-bond donors (Lipinski definition) is 1. The Hall–Kier alpha value is -2.36. The molecule has 0 unspecified atom stereocenters. The second-order valence-corrected chi connectivity index (χ2v) is 6.79. The van der Waals surface area contributed by atoms with Gasteiger partial charge in [0.05, 0.1) is 10.6 Å². The summed E-state index contributed by atoms with van der Waals surface area (Å²) in [6.45, 7) is 4.00. The van der Waals surface area contributed by atoms with Crippen LogP contribution < -0.4 is 5.32 Å². The SMILES string of the molecule is Cc1nn(C)c(C)c1CNC(=O)c1cc2c(C(F)(F)F)nn(C)c2s1. The maximum Gasteiger partial charge on any atom is 0.435 e. The second-order valence-electron chi connectivity index (χ2n) is 5.76. The van der Waals surface area contributed by atoms with Crippen molar-refractivity contribution in [3.63, 3.8) is 0 Å². The minimum Gasteiger partial charge on any atom is -0.347 e. The van der Waals surface area contributed by atoms with Gasteiger partial charge < -0.3 is 5.32 Å². The van der Waals surface area contributed by atoms with Crippen LogP contribution in [-0.4, -0.2) is 25.5 Å². The molecule has 6 nitrogen and oxygen atoms in total. The number of alkyl halides is 3. The van der Waals surface area contributed by atoms with Gasteiger partial charge in [0.1, 0.15) is 4.83 Å². The Morgan fingerprint density at radius 2 is 1.92 bits per heavy atom. The minimum absolute atomic E-state index is 0.0566. The summed E-state index contributed by atoms with van der Waals surface area (Å²) in [4.78, 5) is 12.9. The zero-order valence-corrected chi connectivity index (χ0v) is 14.8. The molecule has 1 N–H and O–H groups in total. The summed E-state index contributed by atoms with van der Waals surface area (Å²) in [5, 5.41) is 10.5. The maximum absolute atomic E-state index is 13.0. The van der Waals surface area contributed by atoms with Crippen LogP contribution in [0.2, 0.25) is 0 Å². The van der Waals surface area contributed by atoms with E-state index in [4.69, 9.17) is 0 Å². The molecule has 0 aliphatic heterocycles. The van der Waals surface area contributed by atoms with Crippen molar-refractivity contribution >= 4 is 27.5 Å². The van der Waals surface area contributed by atoms with E-state index in [0.29, 0.717) is 4.83 Å². The zero-order chi connectivity index (χ0) is 18.5. The van der Waals surface area contributed by atoms with Crippen LogP contribution in [0.1, 0.15) is 32.3 Å². The average Bonchev–Trinajstić information content (AvgIpc) is 3.13. The lowest BCUT2D eigenvalue weighted by Crippen LogP contribution is -2.22. The summed E-state index contributed by atoms with van der Waals surface area (Å²) in [6.07, 6.45) is -4.56. The number of halogens is 3. The summed E-state index contributed by atoms with van der Waals surface area (Å²) in [7, 11) is 3.24. The predicted molar refractivity (Wildman–Crippen MR) is 87.4 cm³/mol. The van der Waals surface area contributed by atoms with Gasteiger partial charge in [-0.2, -0.15) is 23.4 Å². The van der Waals surface area contributed by atoms with Gasteiger partial charge >= 0.3 is 6.18 Å². The third kappa shape index (κ3) is 3.01. The molecule has 0 atom stereocenters. The van der Waals surface area contributed by atoms with E-state index in [2.05, 4.69) is 15.5 Å². The highest BCUT2D eigenvalue weighted by atomic mass is 32.1. The Balaban J connectivity index is 1.85. The van der Waals surface area contributed by atoms with Crippen molar-refractivity contribution in [2.75, 3.05) is 0 Å². The van der Waals surface area contributed by atoms with Crippen LogP contribution in [0.15, 0.2) is 6.07 Å². The van der Waals surface area contributed by atoms with E-state index in [0.717, 1.165) is 33.0 Å². The van der Waals surface area contributed by atoms with Gasteiger partial charge in [-0.1, -0.05) is 0 Å². The number of carbonyl (C=O) groups excluding carboxylic acids is 1. The quantitative estimate of drug-likeness (QED) is 0.770. The number of aryl methyl sites for hydroxylation is 3. The van der Waals surface area contributed by atoms with Crippen LogP contribution in [0.3, 0.4) is 0 Å². The normalized spacial score (nSPS) is 12.1. The lowest BCUT2D eigenvalue weighted by Gasteiger charge is -2.04. The Kier molecular flexibility index (Phi) is 4.10. The molecule has 10 heteroatoms. The lowest BCUT2D eigenvalue weighted by atomic mass is 10.2. The molecule has 0 aromatic carbocycles. The van der Waals surface area contributed by atoms with Crippen molar-refractivity contribution in [1.29, 1.82) is 0 Å². The van der Waals surface area contributed by atoms with Crippen molar-refractivity contribution in [3.8, 4) is 0 Å². The van der Waals surface area contributed by atoms with E-state index in [1.54, 1.807) is 4.68 Å². The summed E-state index contributed by atoms with van der Waals surface area (Å²) in [5.74, 6) is -0.419. The molecule has 0 aliphatic rings. The number of carbonyl (C=O) groups is 1. The average molecular weight is 371 g/mol. The Morgan fingerprint density at radius 3 is 2.48 bits per heavy atom. The van der Waals surface area contributed by atoms with Gasteiger partial charge in [-0.05, 0) is 19.9 Å². The highest BCUT2D eigenvalue weighted by molar-refractivity contribution is 7.20. The number of amides is 1. The first-order valence-corrected chi connectivity index (χ1v) is 8.22. The molecule has 3 heterocycles. The fourth-order valence-corrected chi connectivity index (χ4v) is 3.68. The molecule has 0 radical (unpaired) electrons. The van der Waals surface area contributed by atoms with Crippen LogP contribution in [0.4, 0.5) is 13.2 Å². The molecule has 0 bridgehead atoms. The summed E-state index contributed by atoms with van der Waals surface area (Å²) in [5.41, 5.74) is 1.66. The lowest BCUT2D eigenvalue weighted by molar-refractivity contribution is -0.140. The van der Waals surface area contributed by atoms with Crippen LogP contribution in [-0.2, 0) is 26.8 Å². The molecule has 0 saturated heterocycles. The van der Waals surface area contributed by atoms with Gasteiger partial charge in [-0.3, -0.25) is 14.2 Å². The van der Waals surface area contributed by atoms with E-state index in [9.17, 15) is 18.0 Å². The number of thiophene rings is 1. The predicted octanol–water partition coefficient (Wildman–Crippen LogP) is 2.93. The third-order valence-corrected chi connectivity index (χ3v) is 5.29.